The first-order chi connectivity index (χ1) is 23.2. The van der Waals surface area contributed by atoms with Gasteiger partial charge in [0.25, 0.3) is 10.0 Å². The Hall–Kier alpha value is -4.43. The first kappa shape index (κ1) is 33.5. The Balaban J connectivity index is 1.29. The molecule has 1 saturated heterocycles. The van der Waals surface area contributed by atoms with Crippen molar-refractivity contribution in [2.75, 3.05) is 30.9 Å². The van der Waals surface area contributed by atoms with Gasteiger partial charge in [0.05, 0.1) is 20.8 Å². The highest BCUT2D eigenvalue weighted by atomic mass is 32.2. The number of nitrogens with two attached hydrogens (primary N) is 1. The Morgan fingerprint density at radius 3 is 2.58 bits per heavy atom. The third-order valence-corrected chi connectivity index (χ3v) is 10.8. The molecule has 6 rings (SSSR count). The molecule has 14 heteroatoms. The van der Waals surface area contributed by atoms with Crippen molar-refractivity contribution in [3.05, 3.63) is 77.6 Å². The second-order valence-corrected chi connectivity index (χ2v) is 14.0. The standard InChI is InChI=1S/C34H41FN6O6S/c1-22-16-31(48(42,43)41(32-13-14-37-21-38-32)19-23-11-12-24(44-2)17-30(23)45-3)27(35)18-29(22)47-28-9-5-4-8-25(28)26-20-40(39-34(26)36)33-10-6-7-15-46-33/h11-14,16-18,20-21,25,28,33H,4-10,15,19H2,1-3H3,(H2,36,39)/t25-,28+,33?/m1/s1. The van der Waals surface area contributed by atoms with Crippen molar-refractivity contribution in [3.63, 3.8) is 0 Å². The minimum atomic E-state index is -4.48. The van der Waals surface area contributed by atoms with Crippen molar-refractivity contribution < 1.29 is 31.8 Å². The van der Waals surface area contributed by atoms with Crippen molar-refractivity contribution in [1.82, 2.24) is 19.7 Å². The van der Waals surface area contributed by atoms with Gasteiger partial charge in [0.15, 0.2) is 0 Å². The summed E-state index contributed by atoms with van der Waals surface area (Å²) >= 11 is 0. The van der Waals surface area contributed by atoms with E-state index in [2.05, 4.69) is 15.1 Å². The number of methoxy groups -OCH3 is 2. The number of hydrogen-bond donors (Lipinski definition) is 1. The molecule has 2 aromatic heterocycles. The van der Waals surface area contributed by atoms with Crippen LogP contribution in [0.15, 0.2) is 60.0 Å². The number of ether oxygens (including phenoxy) is 4. The second-order valence-electron chi connectivity index (χ2n) is 12.1. The minimum absolute atomic E-state index is 0.0605. The first-order valence-corrected chi connectivity index (χ1v) is 17.6. The molecule has 2 aliphatic rings. The molecule has 2 aromatic carbocycles. The summed E-state index contributed by atoms with van der Waals surface area (Å²) in [7, 11) is -1.48. The molecule has 48 heavy (non-hydrogen) atoms. The highest BCUT2D eigenvalue weighted by Gasteiger charge is 2.34. The van der Waals surface area contributed by atoms with Crippen molar-refractivity contribution in [1.29, 1.82) is 0 Å². The van der Waals surface area contributed by atoms with E-state index in [0.29, 0.717) is 35.1 Å². The fourth-order valence-electron chi connectivity index (χ4n) is 6.48. The molecule has 12 nitrogen and oxygen atoms in total. The summed E-state index contributed by atoms with van der Waals surface area (Å²) in [6.07, 6.45) is 10.7. The molecule has 1 aliphatic carbocycles. The largest absolute Gasteiger partial charge is 0.497 e. The number of nitrogens with zero attached hydrogens (tertiary/aromatic N) is 5. The predicted octanol–water partition coefficient (Wildman–Crippen LogP) is 5.92. The molecule has 0 amide bonds. The fraction of sp³-hybridized carbons (Fsp3) is 0.441. The van der Waals surface area contributed by atoms with E-state index in [4.69, 9.17) is 24.7 Å². The van der Waals surface area contributed by atoms with Gasteiger partial charge in [-0.1, -0.05) is 6.42 Å². The summed E-state index contributed by atoms with van der Waals surface area (Å²) in [6.45, 7) is 2.21. The van der Waals surface area contributed by atoms with Crippen LogP contribution in [0.3, 0.4) is 0 Å². The van der Waals surface area contributed by atoms with Crippen LogP contribution in [0.25, 0.3) is 0 Å². The molecule has 1 aliphatic heterocycles. The maximum Gasteiger partial charge on any atom is 0.268 e. The maximum atomic E-state index is 16.0. The van der Waals surface area contributed by atoms with Gasteiger partial charge in [-0.05, 0) is 69.2 Å². The number of nitrogen functional groups attached to an aromatic ring is 1. The SMILES string of the molecule is COc1ccc(CN(c2ccncn2)S(=O)(=O)c2cc(C)c(O[C@H]3CCCC[C@@H]3c3cn(C4CCCCO4)nc3N)cc2F)c(OC)c1. The molecule has 0 bridgehead atoms. The van der Waals surface area contributed by atoms with Crippen LogP contribution >= 0.6 is 0 Å². The average molecular weight is 681 g/mol. The Labute approximate surface area is 280 Å². The zero-order valence-corrected chi connectivity index (χ0v) is 28.2. The van der Waals surface area contributed by atoms with Crippen molar-refractivity contribution >= 4 is 21.7 Å². The van der Waals surface area contributed by atoms with Crippen molar-refractivity contribution in [2.24, 2.45) is 0 Å². The summed E-state index contributed by atoms with van der Waals surface area (Å²) in [5.74, 6) is 0.729. The van der Waals surface area contributed by atoms with Gasteiger partial charge in [-0.25, -0.2) is 31.8 Å². The number of halogens is 1. The monoisotopic (exact) mass is 680 g/mol. The van der Waals surface area contributed by atoms with E-state index in [9.17, 15) is 8.42 Å². The Morgan fingerprint density at radius 1 is 1.04 bits per heavy atom. The zero-order chi connectivity index (χ0) is 33.8. The normalized spacial score (nSPS) is 19.9. The van der Waals surface area contributed by atoms with Crippen LogP contribution in [0.2, 0.25) is 0 Å². The molecule has 0 radical (unpaired) electrons. The number of sulfonamides is 1. The van der Waals surface area contributed by atoms with E-state index in [0.717, 1.165) is 60.9 Å². The highest BCUT2D eigenvalue weighted by molar-refractivity contribution is 7.92. The van der Waals surface area contributed by atoms with Crippen LogP contribution in [0, 0.1) is 12.7 Å². The lowest BCUT2D eigenvalue weighted by molar-refractivity contribution is -0.0394. The second kappa shape index (κ2) is 14.4. The van der Waals surface area contributed by atoms with Crippen LogP contribution in [-0.2, 0) is 21.3 Å². The number of aromatic nitrogens is 4. The van der Waals surface area contributed by atoms with Crippen molar-refractivity contribution in [2.45, 2.75) is 81.6 Å². The molecular formula is C34H41FN6O6S. The van der Waals surface area contributed by atoms with Gasteiger partial charge in [0, 0.05) is 54.2 Å². The Morgan fingerprint density at radius 2 is 1.85 bits per heavy atom. The summed E-state index contributed by atoms with van der Waals surface area (Å²) < 4.78 is 70.5. The van der Waals surface area contributed by atoms with Gasteiger partial charge in [-0.3, -0.25) is 0 Å². The maximum absolute atomic E-state index is 16.0. The van der Waals surface area contributed by atoms with Crippen LogP contribution < -0.4 is 24.2 Å². The van der Waals surface area contributed by atoms with Gasteiger partial charge in [-0.2, -0.15) is 5.10 Å². The van der Waals surface area contributed by atoms with E-state index >= 15 is 4.39 Å². The van der Waals surface area contributed by atoms with E-state index in [1.807, 2.05) is 10.9 Å². The topological polar surface area (TPSA) is 144 Å². The fourth-order valence-corrected chi connectivity index (χ4v) is 8.01. The van der Waals surface area contributed by atoms with Crippen LogP contribution in [0.5, 0.6) is 17.2 Å². The number of benzene rings is 2. The number of hydrogen-bond acceptors (Lipinski definition) is 10. The molecule has 2 N–H and O–H groups in total. The lowest BCUT2D eigenvalue weighted by Crippen LogP contribution is -2.32. The molecule has 0 spiro atoms. The van der Waals surface area contributed by atoms with E-state index in [-0.39, 0.29) is 36.4 Å². The predicted molar refractivity (Wildman–Crippen MR) is 177 cm³/mol. The summed E-state index contributed by atoms with van der Waals surface area (Å²) in [5.41, 5.74) is 8.31. The smallest absolute Gasteiger partial charge is 0.268 e. The molecule has 2 fully saturated rings. The number of aryl methyl sites for hydroxylation is 1. The Bertz CT molecular complexity index is 1830. The third-order valence-electron chi connectivity index (χ3n) is 9.05. The van der Waals surface area contributed by atoms with Crippen LogP contribution in [0.4, 0.5) is 16.0 Å². The van der Waals surface area contributed by atoms with Crippen LogP contribution in [0.1, 0.15) is 73.8 Å². The quantitative estimate of drug-likeness (QED) is 0.203. The summed E-state index contributed by atoms with van der Waals surface area (Å²) in [6, 6.07) is 8.96. The molecular weight excluding hydrogens is 639 g/mol. The summed E-state index contributed by atoms with van der Waals surface area (Å²) in [5, 5.41) is 4.57. The highest BCUT2D eigenvalue weighted by Crippen LogP contribution is 2.40. The van der Waals surface area contributed by atoms with E-state index < -0.39 is 20.7 Å². The number of rotatable bonds is 11. The molecule has 1 unspecified atom stereocenters. The zero-order valence-electron chi connectivity index (χ0n) is 27.3. The molecule has 1 saturated carbocycles. The molecule has 3 atom stereocenters. The van der Waals surface area contributed by atoms with E-state index in [1.165, 1.54) is 38.9 Å². The number of anilines is 2. The van der Waals surface area contributed by atoms with Gasteiger partial charge in [0.2, 0.25) is 0 Å². The van der Waals surface area contributed by atoms with E-state index in [1.54, 1.807) is 25.1 Å². The Kier molecular flexibility index (Phi) is 10.0. The lowest BCUT2D eigenvalue weighted by atomic mass is 9.82. The average Bonchev–Trinajstić information content (AvgIpc) is 3.50. The van der Waals surface area contributed by atoms with Gasteiger partial charge >= 0.3 is 0 Å². The first-order valence-electron chi connectivity index (χ1n) is 16.1. The third kappa shape index (κ3) is 6.90. The molecule has 3 heterocycles. The van der Waals surface area contributed by atoms with Crippen LogP contribution in [-0.4, -0.2) is 55.1 Å². The molecule has 4 aromatic rings. The lowest BCUT2D eigenvalue weighted by Gasteiger charge is -2.32. The van der Waals surface area contributed by atoms with Gasteiger partial charge < -0.3 is 24.7 Å². The van der Waals surface area contributed by atoms with Gasteiger partial charge in [0.1, 0.15) is 58.3 Å². The van der Waals surface area contributed by atoms with Crippen molar-refractivity contribution in [3.8, 4) is 17.2 Å². The van der Waals surface area contributed by atoms with Gasteiger partial charge in [-0.15, -0.1) is 0 Å². The summed E-state index contributed by atoms with van der Waals surface area (Å²) in [4.78, 5) is 7.59. The minimum Gasteiger partial charge on any atom is -0.497 e. The molecule has 256 valence electrons.